The molecular weight excluding hydrogens is 442 g/mol. The molecule has 0 fully saturated rings. The number of anilines is 1. The summed E-state index contributed by atoms with van der Waals surface area (Å²) < 4.78 is 0. The fraction of sp³-hybridized carbons (Fsp3) is 0.333. The second-order valence-corrected chi connectivity index (χ2v) is 9.18. The average Bonchev–Trinajstić information content (AvgIpc) is 3.26. The van der Waals surface area contributed by atoms with Gasteiger partial charge in [0.05, 0.1) is 6.04 Å². The van der Waals surface area contributed by atoms with Crippen LogP contribution in [-0.2, 0) is 20.9 Å². The van der Waals surface area contributed by atoms with Gasteiger partial charge >= 0.3 is 0 Å². The number of rotatable bonds is 7. The highest BCUT2D eigenvalue weighted by Crippen LogP contribution is 2.36. The molecule has 3 N–H and O–H groups in total. The number of carbonyl (C=O) groups excluding carboxylic acids is 3. The fourth-order valence-electron chi connectivity index (χ4n) is 4.38. The number of hydrogen-bond donors (Lipinski definition) is 3. The summed E-state index contributed by atoms with van der Waals surface area (Å²) in [7, 11) is 1.69. The lowest BCUT2D eigenvalue weighted by Gasteiger charge is -2.31. The predicted octanol–water partition coefficient (Wildman–Crippen LogP) is 3.01. The van der Waals surface area contributed by atoms with Crippen LogP contribution < -0.4 is 16.0 Å². The standard InChI is InChI=1S/C27H31N5O3/c1-16(2)22(30-25(33)17(3)28-4)27(35)32-15-19-10-6-7-11-20(19)23(32)26(34)31-24-21-12-8-5-9-18(21)13-14-29-24/h5-14,16-17,22-23,28H,15H2,1-4H3,(H,30,33)(H,29,31,34)/t17-,22-,23?/m0/s1. The molecule has 1 unspecified atom stereocenters. The van der Waals surface area contributed by atoms with E-state index in [9.17, 15) is 14.4 Å². The van der Waals surface area contributed by atoms with Crippen LogP contribution in [0.15, 0.2) is 60.8 Å². The molecule has 3 atom stereocenters. The van der Waals surface area contributed by atoms with E-state index in [0.29, 0.717) is 5.82 Å². The summed E-state index contributed by atoms with van der Waals surface area (Å²) in [6, 6.07) is 15.1. The van der Waals surface area contributed by atoms with E-state index in [1.54, 1.807) is 25.1 Å². The molecule has 0 radical (unpaired) electrons. The van der Waals surface area contributed by atoms with Crippen LogP contribution in [0.5, 0.6) is 0 Å². The molecule has 1 aliphatic rings. The minimum absolute atomic E-state index is 0.164. The Labute approximate surface area is 205 Å². The molecule has 3 aromatic rings. The Morgan fingerprint density at radius 3 is 2.46 bits per heavy atom. The van der Waals surface area contributed by atoms with Crippen molar-refractivity contribution in [2.75, 3.05) is 12.4 Å². The summed E-state index contributed by atoms with van der Waals surface area (Å²) in [5.74, 6) is -0.621. The van der Waals surface area contributed by atoms with E-state index in [0.717, 1.165) is 21.9 Å². The maximum Gasteiger partial charge on any atom is 0.253 e. The summed E-state index contributed by atoms with van der Waals surface area (Å²) in [4.78, 5) is 45.9. The predicted molar refractivity (Wildman–Crippen MR) is 135 cm³/mol. The second-order valence-electron chi connectivity index (χ2n) is 9.18. The number of fused-ring (bicyclic) bond motifs is 2. The molecule has 0 spiro atoms. The maximum absolute atomic E-state index is 13.8. The van der Waals surface area contributed by atoms with Crippen LogP contribution in [0.2, 0.25) is 0 Å². The molecule has 8 nitrogen and oxygen atoms in total. The minimum atomic E-state index is -0.834. The minimum Gasteiger partial charge on any atom is -0.343 e. The van der Waals surface area contributed by atoms with Gasteiger partial charge in [-0.2, -0.15) is 0 Å². The van der Waals surface area contributed by atoms with Gasteiger partial charge in [0, 0.05) is 18.1 Å². The second kappa shape index (κ2) is 10.2. The van der Waals surface area contributed by atoms with Gasteiger partial charge in [-0.15, -0.1) is 0 Å². The number of carbonyl (C=O) groups is 3. The van der Waals surface area contributed by atoms with Gasteiger partial charge in [0.1, 0.15) is 17.9 Å². The molecule has 0 bridgehead atoms. The zero-order valence-electron chi connectivity index (χ0n) is 20.4. The van der Waals surface area contributed by atoms with E-state index in [4.69, 9.17) is 0 Å². The van der Waals surface area contributed by atoms with E-state index >= 15 is 0 Å². The summed E-state index contributed by atoms with van der Waals surface area (Å²) in [6.07, 6.45) is 1.65. The van der Waals surface area contributed by atoms with Crippen LogP contribution in [0.25, 0.3) is 10.8 Å². The van der Waals surface area contributed by atoms with Crippen molar-refractivity contribution < 1.29 is 14.4 Å². The number of nitrogens with zero attached hydrogens (tertiary/aromatic N) is 2. The molecule has 3 amide bonds. The number of benzene rings is 2. The van der Waals surface area contributed by atoms with Crippen LogP contribution in [0, 0.1) is 5.92 Å². The number of aromatic nitrogens is 1. The lowest BCUT2D eigenvalue weighted by Crippen LogP contribution is -2.55. The summed E-state index contributed by atoms with van der Waals surface area (Å²) in [5.41, 5.74) is 1.68. The third-order valence-corrected chi connectivity index (χ3v) is 6.51. The first-order valence-electron chi connectivity index (χ1n) is 11.8. The Morgan fingerprint density at radius 2 is 1.71 bits per heavy atom. The Bertz CT molecular complexity index is 1250. The van der Waals surface area contributed by atoms with E-state index in [-0.39, 0.29) is 30.2 Å². The lowest BCUT2D eigenvalue weighted by molar-refractivity contribution is -0.143. The molecule has 4 rings (SSSR count). The molecule has 1 aromatic heterocycles. The number of amides is 3. The van der Waals surface area contributed by atoms with Gasteiger partial charge in [-0.05, 0) is 42.5 Å². The molecular formula is C27H31N5O3. The lowest BCUT2D eigenvalue weighted by atomic mass is 10.0. The first-order valence-corrected chi connectivity index (χ1v) is 11.8. The van der Waals surface area contributed by atoms with Gasteiger partial charge in [0.15, 0.2) is 0 Å². The average molecular weight is 474 g/mol. The Hall–Kier alpha value is -3.78. The van der Waals surface area contributed by atoms with Crippen molar-refractivity contribution in [2.24, 2.45) is 5.92 Å². The van der Waals surface area contributed by atoms with Gasteiger partial charge in [0.25, 0.3) is 5.91 Å². The molecule has 0 aliphatic carbocycles. The molecule has 2 aromatic carbocycles. The van der Waals surface area contributed by atoms with Gasteiger partial charge in [-0.3, -0.25) is 14.4 Å². The third kappa shape index (κ3) is 4.88. The van der Waals surface area contributed by atoms with Gasteiger partial charge in [-0.25, -0.2) is 4.98 Å². The third-order valence-electron chi connectivity index (χ3n) is 6.51. The summed E-state index contributed by atoms with van der Waals surface area (Å²) in [6.45, 7) is 5.78. The van der Waals surface area contributed by atoms with E-state index in [1.165, 1.54) is 0 Å². The first-order chi connectivity index (χ1) is 16.8. The molecule has 2 heterocycles. The number of nitrogens with one attached hydrogen (secondary N) is 3. The van der Waals surface area contributed by atoms with Crippen molar-refractivity contribution in [3.63, 3.8) is 0 Å². The Morgan fingerprint density at radius 1 is 1.00 bits per heavy atom. The number of hydrogen-bond acceptors (Lipinski definition) is 5. The zero-order chi connectivity index (χ0) is 25.1. The summed E-state index contributed by atoms with van der Waals surface area (Å²) in [5, 5.41) is 10.5. The molecule has 0 saturated heterocycles. The molecule has 8 heteroatoms. The Balaban J connectivity index is 1.65. The molecule has 1 aliphatic heterocycles. The van der Waals surface area contributed by atoms with Crippen molar-refractivity contribution in [3.05, 3.63) is 71.9 Å². The smallest absolute Gasteiger partial charge is 0.253 e. The van der Waals surface area contributed by atoms with Gasteiger partial charge < -0.3 is 20.9 Å². The van der Waals surface area contributed by atoms with Crippen LogP contribution in [0.1, 0.15) is 37.9 Å². The van der Waals surface area contributed by atoms with Crippen LogP contribution in [-0.4, -0.2) is 46.7 Å². The fourth-order valence-corrected chi connectivity index (χ4v) is 4.38. The molecule has 0 saturated carbocycles. The highest BCUT2D eigenvalue weighted by molar-refractivity contribution is 6.04. The first kappa shape index (κ1) is 24.3. The van der Waals surface area contributed by atoms with Crippen molar-refractivity contribution >= 4 is 34.3 Å². The highest BCUT2D eigenvalue weighted by atomic mass is 16.2. The monoisotopic (exact) mass is 473 g/mol. The topological polar surface area (TPSA) is 103 Å². The van der Waals surface area contributed by atoms with Gasteiger partial charge in [0.2, 0.25) is 11.8 Å². The SMILES string of the molecule is CN[C@@H](C)C(=O)N[C@H](C(=O)N1Cc2ccccc2C1C(=O)Nc1nccc2ccccc12)C(C)C. The number of pyridine rings is 1. The van der Waals surface area contributed by atoms with Gasteiger partial charge in [-0.1, -0.05) is 62.4 Å². The normalized spacial score (nSPS) is 16.6. The van der Waals surface area contributed by atoms with Crippen LogP contribution in [0.4, 0.5) is 5.82 Å². The molecule has 182 valence electrons. The number of likely N-dealkylation sites (N-methyl/N-ethyl adjacent to an activating group) is 1. The quantitative estimate of drug-likeness (QED) is 0.490. The van der Waals surface area contributed by atoms with E-state index in [1.807, 2.05) is 68.4 Å². The van der Waals surface area contributed by atoms with E-state index in [2.05, 4.69) is 20.9 Å². The maximum atomic E-state index is 13.8. The molecule has 35 heavy (non-hydrogen) atoms. The summed E-state index contributed by atoms with van der Waals surface area (Å²) >= 11 is 0. The van der Waals surface area contributed by atoms with Crippen molar-refractivity contribution in [1.29, 1.82) is 0 Å². The van der Waals surface area contributed by atoms with Crippen LogP contribution in [0.3, 0.4) is 0 Å². The highest BCUT2D eigenvalue weighted by Gasteiger charge is 2.42. The largest absolute Gasteiger partial charge is 0.343 e. The van der Waals surface area contributed by atoms with Crippen molar-refractivity contribution in [1.82, 2.24) is 20.5 Å². The zero-order valence-corrected chi connectivity index (χ0v) is 20.4. The van der Waals surface area contributed by atoms with Crippen molar-refractivity contribution in [3.8, 4) is 0 Å². The van der Waals surface area contributed by atoms with Crippen molar-refractivity contribution in [2.45, 2.75) is 45.4 Å². The van der Waals surface area contributed by atoms with E-state index < -0.39 is 18.1 Å². The van der Waals surface area contributed by atoms with Crippen LogP contribution >= 0.6 is 0 Å². The Kier molecular flexibility index (Phi) is 7.12.